The maximum absolute atomic E-state index is 14.6. The summed E-state index contributed by atoms with van der Waals surface area (Å²) in [7, 11) is -3.44. The van der Waals surface area contributed by atoms with Gasteiger partial charge in [0.25, 0.3) is 0 Å². The molecule has 1 saturated heterocycles. The van der Waals surface area contributed by atoms with E-state index in [1.807, 2.05) is 18.5 Å². The van der Waals surface area contributed by atoms with Gasteiger partial charge in [-0.1, -0.05) is 0 Å². The van der Waals surface area contributed by atoms with Crippen molar-refractivity contribution in [3.05, 3.63) is 78.1 Å². The summed E-state index contributed by atoms with van der Waals surface area (Å²) < 4.78 is 40.1. The minimum atomic E-state index is -3.44. The fourth-order valence-electron chi connectivity index (χ4n) is 5.53. The third kappa shape index (κ3) is 5.74. The highest BCUT2D eigenvalue weighted by molar-refractivity contribution is 7.88. The lowest BCUT2D eigenvalue weighted by molar-refractivity contribution is 0.331. The quantitative estimate of drug-likeness (QED) is 0.234. The van der Waals surface area contributed by atoms with Crippen LogP contribution in [0.4, 0.5) is 4.39 Å². The summed E-state index contributed by atoms with van der Waals surface area (Å²) in [4.78, 5) is 24.2. The largest absolute Gasteiger partial charge is 0.336 e. The van der Waals surface area contributed by atoms with Crippen molar-refractivity contribution < 1.29 is 12.8 Å². The molecule has 5 aromatic heterocycles. The molecule has 7 rings (SSSR count). The number of likely N-dealkylation sites (tertiary alicyclic amines) is 1. The fraction of sp³-hybridized carbons (Fsp3) is 0.233. The second-order valence-electron chi connectivity index (χ2n) is 10.8. The van der Waals surface area contributed by atoms with Crippen molar-refractivity contribution in [3.63, 3.8) is 0 Å². The first-order valence-corrected chi connectivity index (χ1v) is 15.8. The Balaban J connectivity index is 1.24. The van der Waals surface area contributed by atoms with Crippen LogP contribution in [0.3, 0.4) is 0 Å². The lowest BCUT2D eigenvalue weighted by atomic mass is 10.1. The summed E-state index contributed by atoms with van der Waals surface area (Å²) >= 11 is 0. The summed E-state index contributed by atoms with van der Waals surface area (Å²) in [5, 5.41) is 8.41. The molecule has 11 nitrogen and oxygen atoms in total. The van der Waals surface area contributed by atoms with Gasteiger partial charge in [-0.25, -0.2) is 22.5 Å². The average molecular weight is 598 g/mol. The highest BCUT2D eigenvalue weighted by atomic mass is 32.2. The van der Waals surface area contributed by atoms with Crippen LogP contribution in [-0.2, 0) is 23.1 Å². The first kappa shape index (κ1) is 27.3. The maximum atomic E-state index is 14.6. The predicted molar refractivity (Wildman–Crippen MR) is 162 cm³/mol. The van der Waals surface area contributed by atoms with Crippen LogP contribution >= 0.6 is 0 Å². The van der Waals surface area contributed by atoms with Crippen LogP contribution in [0.15, 0.2) is 61.2 Å². The van der Waals surface area contributed by atoms with Crippen LogP contribution in [0.2, 0.25) is 0 Å². The standard InChI is InChI=1S/C30H28FN9O2S/c1-43(41,42)35-14-18-8-20(11-22(31)10-18)27-29-24(4-5-33-27)36-30(37-29)28-23-12-25(34-16-26(23)38-39-28)21-9-19(13-32-15-21)17-40-6-2-3-7-40/h4-5,8-13,15-16,35H,2-3,6-7,14,17H2,1H3,(H,36,37)(H,38,39). The molecule has 1 fully saturated rings. The Labute approximate surface area is 246 Å². The molecule has 0 amide bonds. The Morgan fingerprint density at radius 3 is 2.63 bits per heavy atom. The van der Waals surface area contributed by atoms with E-state index in [0.29, 0.717) is 39.4 Å². The van der Waals surface area contributed by atoms with Gasteiger partial charge in [0.15, 0.2) is 5.82 Å². The first-order chi connectivity index (χ1) is 20.8. The van der Waals surface area contributed by atoms with E-state index in [0.717, 1.165) is 53.6 Å². The lowest BCUT2D eigenvalue weighted by Gasteiger charge is -2.14. The van der Waals surface area contributed by atoms with Gasteiger partial charge >= 0.3 is 0 Å². The topological polar surface area (TPSA) is 145 Å². The summed E-state index contributed by atoms with van der Waals surface area (Å²) in [5.74, 6) is 0.0126. The Kier molecular flexibility index (Phi) is 6.92. The van der Waals surface area contributed by atoms with Crippen LogP contribution in [-0.4, -0.2) is 67.8 Å². The van der Waals surface area contributed by atoms with Crippen LogP contribution < -0.4 is 4.72 Å². The number of benzene rings is 1. The number of aromatic nitrogens is 7. The Hall–Kier alpha value is -4.59. The van der Waals surface area contributed by atoms with Crippen LogP contribution in [0.5, 0.6) is 0 Å². The van der Waals surface area contributed by atoms with E-state index in [-0.39, 0.29) is 6.54 Å². The first-order valence-electron chi connectivity index (χ1n) is 13.9. The van der Waals surface area contributed by atoms with Crippen LogP contribution in [0.1, 0.15) is 24.0 Å². The van der Waals surface area contributed by atoms with Crippen molar-refractivity contribution in [2.75, 3.05) is 19.3 Å². The van der Waals surface area contributed by atoms with Crippen molar-refractivity contribution in [2.45, 2.75) is 25.9 Å². The van der Waals surface area contributed by atoms with Crippen LogP contribution in [0.25, 0.3) is 56.0 Å². The Morgan fingerprint density at radius 2 is 1.79 bits per heavy atom. The highest BCUT2D eigenvalue weighted by Gasteiger charge is 2.18. The molecular weight excluding hydrogens is 569 g/mol. The van der Waals surface area contributed by atoms with Crippen molar-refractivity contribution in [1.82, 2.24) is 44.7 Å². The van der Waals surface area contributed by atoms with Gasteiger partial charge in [0.1, 0.15) is 17.0 Å². The van der Waals surface area contributed by atoms with E-state index in [2.05, 4.69) is 45.8 Å². The van der Waals surface area contributed by atoms with Gasteiger partial charge in [-0.3, -0.25) is 25.0 Å². The minimum Gasteiger partial charge on any atom is -0.336 e. The molecule has 0 radical (unpaired) electrons. The molecule has 1 aliphatic rings. The lowest BCUT2D eigenvalue weighted by Crippen LogP contribution is -2.21. The molecule has 0 bridgehead atoms. The van der Waals surface area contributed by atoms with Crippen molar-refractivity contribution >= 4 is 32.0 Å². The van der Waals surface area contributed by atoms with E-state index in [1.165, 1.54) is 25.0 Å². The Bertz CT molecular complexity index is 2080. The number of nitrogens with one attached hydrogen (secondary N) is 3. The van der Waals surface area contributed by atoms with Gasteiger partial charge in [-0.2, -0.15) is 5.10 Å². The number of nitrogens with zero attached hydrogens (tertiary/aromatic N) is 6. The zero-order chi connectivity index (χ0) is 29.6. The second-order valence-corrected chi connectivity index (χ2v) is 12.7. The molecule has 218 valence electrons. The SMILES string of the molecule is CS(=O)(=O)NCc1cc(F)cc(-c2nccc3[nH]c(-c4n[nH]c5cnc(-c6cncc(CN7CCCC7)c6)cc45)nc23)c1. The zero-order valence-electron chi connectivity index (χ0n) is 23.3. The highest BCUT2D eigenvalue weighted by Crippen LogP contribution is 2.32. The number of fused-ring (bicyclic) bond motifs is 2. The summed E-state index contributed by atoms with van der Waals surface area (Å²) in [6, 6.07) is 10.2. The van der Waals surface area contributed by atoms with E-state index < -0.39 is 15.8 Å². The molecule has 6 heterocycles. The molecule has 0 saturated carbocycles. The number of hydrogen-bond acceptors (Lipinski definition) is 8. The molecule has 0 aliphatic carbocycles. The Morgan fingerprint density at radius 1 is 0.953 bits per heavy atom. The van der Waals surface area contributed by atoms with E-state index >= 15 is 0 Å². The molecule has 1 aliphatic heterocycles. The smallest absolute Gasteiger partial charge is 0.209 e. The van der Waals surface area contributed by atoms with E-state index in [9.17, 15) is 12.8 Å². The van der Waals surface area contributed by atoms with Gasteiger partial charge in [0.2, 0.25) is 10.0 Å². The number of halogens is 1. The number of H-pyrrole nitrogens is 2. The number of aromatic amines is 2. The zero-order valence-corrected chi connectivity index (χ0v) is 24.1. The van der Waals surface area contributed by atoms with Gasteiger partial charge < -0.3 is 4.98 Å². The van der Waals surface area contributed by atoms with Crippen molar-refractivity contribution in [3.8, 4) is 34.0 Å². The monoisotopic (exact) mass is 597 g/mol. The molecule has 13 heteroatoms. The predicted octanol–water partition coefficient (Wildman–Crippen LogP) is 4.41. The third-order valence-electron chi connectivity index (χ3n) is 7.54. The molecule has 0 unspecified atom stereocenters. The number of rotatable bonds is 8. The fourth-order valence-corrected chi connectivity index (χ4v) is 5.96. The molecule has 43 heavy (non-hydrogen) atoms. The molecule has 0 atom stereocenters. The van der Waals surface area contributed by atoms with Crippen molar-refractivity contribution in [2.24, 2.45) is 0 Å². The van der Waals surface area contributed by atoms with Gasteiger partial charge in [0.05, 0.1) is 34.9 Å². The number of imidazole rings is 1. The summed E-state index contributed by atoms with van der Waals surface area (Å²) in [5.41, 5.74) is 6.86. The molecule has 3 N–H and O–H groups in total. The average Bonchev–Trinajstić information content (AvgIpc) is 3.75. The van der Waals surface area contributed by atoms with Crippen LogP contribution in [0, 0.1) is 5.82 Å². The van der Waals surface area contributed by atoms with Gasteiger partial charge in [-0.05, 0) is 73.5 Å². The normalized spacial score (nSPS) is 14.3. The second kappa shape index (κ2) is 10.9. The minimum absolute atomic E-state index is 0.0440. The van der Waals surface area contributed by atoms with E-state index in [1.54, 1.807) is 24.5 Å². The molecule has 1 aromatic carbocycles. The number of sulfonamides is 1. The van der Waals surface area contributed by atoms with E-state index in [4.69, 9.17) is 4.98 Å². The van der Waals surface area contributed by atoms with Gasteiger partial charge in [-0.15, -0.1) is 0 Å². The third-order valence-corrected chi connectivity index (χ3v) is 8.21. The number of hydrogen-bond donors (Lipinski definition) is 3. The molecule has 6 aromatic rings. The summed E-state index contributed by atoms with van der Waals surface area (Å²) in [6.07, 6.45) is 10.6. The number of pyridine rings is 3. The summed E-state index contributed by atoms with van der Waals surface area (Å²) in [6.45, 7) is 3.05. The maximum Gasteiger partial charge on any atom is 0.209 e. The molecule has 0 spiro atoms. The molecular formula is C30H28FN9O2S. The van der Waals surface area contributed by atoms with Crippen molar-refractivity contribution in [1.29, 1.82) is 0 Å². The van der Waals surface area contributed by atoms with Gasteiger partial charge in [0, 0.05) is 48.2 Å².